The van der Waals surface area contributed by atoms with Gasteiger partial charge in [0.1, 0.15) is 72.9 Å². The third-order valence-electron chi connectivity index (χ3n) is 20.7. The van der Waals surface area contributed by atoms with E-state index in [-0.39, 0.29) is 46.7 Å². The Hall–Kier alpha value is -4.88. The average Bonchev–Trinajstić information content (AvgIpc) is 3.50. The maximum Gasteiger partial charge on any atom is 0.142 e. The van der Waals surface area contributed by atoms with Crippen molar-refractivity contribution in [3.05, 3.63) is 91.0 Å². The van der Waals surface area contributed by atoms with Crippen molar-refractivity contribution in [3.63, 3.8) is 0 Å². The molecule has 12 nitrogen and oxygen atoms in total. The topological polar surface area (TPSA) is 131 Å². The molecule has 12 heteroatoms. The number of fused-ring (bicyclic) bond motifs is 16. The van der Waals surface area contributed by atoms with Gasteiger partial charge in [-0.05, 0) is 75.6 Å². The molecule has 0 saturated heterocycles. The second kappa shape index (κ2) is 20.7. The van der Waals surface area contributed by atoms with Gasteiger partial charge >= 0.3 is 0 Å². The first-order chi connectivity index (χ1) is 37.0. The van der Waals surface area contributed by atoms with Crippen molar-refractivity contribution in [2.75, 3.05) is 26.9 Å². The standard InChI is InChI=1S/C64H84N4O8/c1-37-45-25-50(62-53(57(45)69)29-65(34-74-62)41-17-9-5-10-18-41)39(3)47-27-52(64-55(59(47)71)31-67(36-76-64)43-21-13-7-14-22-43)40(4)48-28-51(63-56(60(48)72)32-68(35-75-63)44-23-15-8-16-24-44)38(2)46-26-49(37)61-54(58(46)70)30-66(33-73-61)42-19-11-6-12-20-42/h25-28,37-44,69-72H,5-24,29-36H2,1-4H3. The van der Waals surface area contributed by atoms with Gasteiger partial charge in [0.25, 0.3) is 0 Å². The van der Waals surface area contributed by atoms with Crippen molar-refractivity contribution in [2.45, 2.75) is 230 Å². The molecule has 4 atom stereocenters. The van der Waals surface area contributed by atoms with E-state index < -0.39 is 0 Å². The lowest BCUT2D eigenvalue weighted by molar-refractivity contribution is 0.0377. The molecule has 4 saturated carbocycles. The molecule has 13 rings (SSSR count). The van der Waals surface area contributed by atoms with E-state index in [2.05, 4.69) is 71.6 Å². The minimum atomic E-state index is -0.370. The first-order valence-electron chi connectivity index (χ1n) is 30.0. The second-order valence-corrected chi connectivity index (χ2v) is 25.0. The van der Waals surface area contributed by atoms with Crippen LogP contribution in [0.4, 0.5) is 0 Å². The molecular weight excluding hydrogens is 953 g/mol. The molecule has 76 heavy (non-hydrogen) atoms. The molecule has 4 unspecified atom stereocenters. The van der Waals surface area contributed by atoms with Crippen molar-refractivity contribution in [1.29, 1.82) is 0 Å². The van der Waals surface area contributed by atoms with Crippen LogP contribution in [-0.2, 0) is 26.2 Å². The summed E-state index contributed by atoms with van der Waals surface area (Å²) in [6.07, 6.45) is 23.5. The molecule has 0 amide bonds. The van der Waals surface area contributed by atoms with Crippen molar-refractivity contribution < 1.29 is 39.4 Å². The summed E-state index contributed by atoms with van der Waals surface area (Å²) in [4.78, 5) is 9.69. The molecular formula is C64H84N4O8. The highest BCUT2D eigenvalue weighted by atomic mass is 16.5. The van der Waals surface area contributed by atoms with Gasteiger partial charge < -0.3 is 39.4 Å². The number of hydrogen-bond donors (Lipinski definition) is 4. The lowest BCUT2D eigenvalue weighted by Crippen LogP contribution is -2.42. The SMILES string of the molecule is CC1c2cc(c3c(c2O)CN(C2CCCCC2)CO3)C(C)c2cc(c3c(c2O)CN(C2CCCCC2)CO3)C(C)c2cc(c3c(c2O)CN(C2CCCCC2)CO3)C(C)c2cc1c1c(c2O)CN(C2CCCCC2)CO1. The summed E-state index contributed by atoms with van der Waals surface area (Å²) in [6.45, 7) is 12.7. The quantitative estimate of drug-likeness (QED) is 0.155. The van der Waals surface area contributed by atoms with E-state index in [1.807, 2.05) is 0 Å². The van der Waals surface area contributed by atoms with Crippen molar-refractivity contribution in [2.24, 2.45) is 0 Å². The van der Waals surface area contributed by atoms with E-state index in [1.165, 1.54) is 77.0 Å². The fraction of sp³-hybridized carbons (Fsp3) is 0.625. The van der Waals surface area contributed by atoms with E-state index in [1.54, 1.807) is 0 Å². The number of phenolic OH excluding ortho intramolecular Hbond substituents is 4. The molecule has 4 N–H and O–H groups in total. The molecule has 8 bridgehead atoms. The zero-order valence-electron chi connectivity index (χ0n) is 45.9. The number of hydrogen-bond acceptors (Lipinski definition) is 12. The van der Waals surface area contributed by atoms with Gasteiger partial charge in [-0.15, -0.1) is 0 Å². The van der Waals surface area contributed by atoms with Gasteiger partial charge in [0, 0.05) is 119 Å². The van der Waals surface area contributed by atoms with Gasteiger partial charge in [-0.3, -0.25) is 19.6 Å². The molecule has 4 heterocycles. The van der Waals surface area contributed by atoms with Crippen LogP contribution in [0.3, 0.4) is 0 Å². The van der Waals surface area contributed by atoms with Crippen LogP contribution in [0, 0.1) is 0 Å². The Morgan fingerprint density at radius 2 is 0.500 bits per heavy atom. The Morgan fingerprint density at radius 3 is 0.697 bits per heavy atom. The number of aromatic hydroxyl groups is 4. The third-order valence-corrected chi connectivity index (χ3v) is 20.7. The second-order valence-electron chi connectivity index (χ2n) is 25.0. The summed E-state index contributed by atoms with van der Waals surface area (Å²) in [7, 11) is 0. The van der Waals surface area contributed by atoms with Crippen LogP contribution in [0.2, 0.25) is 0 Å². The number of benzene rings is 4. The van der Waals surface area contributed by atoms with Gasteiger partial charge in [-0.1, -0.05) is 105 Å². The predicted molar refractivity (Wildman–Crippen MR) is 294 cm³/mol. The fourth-order valence-electron chi connectivity index (χ4n) is 15.9. The predicted octanol–water partition coefficient (Wildman–Crippen LogP) is 13.4. The zero-order chi connectivity index (χ0) is 51.9. The third kappa shape index (κ3) is 8.78. The smallest absolute Gasteiger partial charge is 0.142 e. The Kier molecular flexibility index (Phi) is 13.8. The molecule has 0 aromatic heterocycles. The molecule has 0 radical (unpaired) electrons. The molecule has 4 aromatic carbocycles. The highest BCUT2D eigenvalue weighted by Gasteiger charge is 2.41. The summed E-state index contributed by atoms with van der Waals surface area (Å²) in [5, 5.41) is 52.0. The molecule has 0 spiro atoms. The minimum absolute atomic E-state index is 0.241. The Balaban J connectivity index is 1.04. The van der Waals surface area contributed by atoms with Gasteiger partial charge in [-0.25, -0.2) is 0 Å². The normalized spacial score (nSPS) is 26.5. The maximum atomic E-state index is 13.0. The van der Waals surface area contributed by atoms with Crippen molar-refractivity contribution in [3.8, 4) is 46.0 Å². The lowest BCUT2D eigenvalue weighted by atomic mass is 9.77. The number of nitrogens with zero attached hydrogens (tertiary/aromatic N) is 4. The van der Waals surface area contributed by atoms with E-state index in [9.17, 15) is 20.4 Å². The number of rotatable bonds is 4. The van der Waals surface area contributed by atoms with Crippen molar-refractivity contribution >= 4 is 0 Å². The summed E-state index contributed by atoms with van der Waals surface area (Å²) in [5.41, 5.74) is 9.95. The molecule has 9 aliphatic rings. The zero-order valence-corrected chi connectivity index (χ0v) is 45.9. The van der Waals surface area contributed by atoms with Crippen LogP contribution in [0.15, 0.2) is 24.3 Å². The first kappa shape index (κ1) is 50.6. The molecule has 4 aliphatic heterocycles. The van der Waals surface area contributed by atoms with Gasteiger partial charge in [0.15, 0.2) is 0 Å². The molecule has 408 valence electrons. The maximum absolute atomic E-state index is 13.0. The van der Waals surface area contributed by atoms with E-state index >= 15 is 0 Å². The lowest BCUT2D eigenvalue weighted by Gasteiger charge is -2.41. The summed E-state index contributed by atoms with van der Waals surface area (Å²) in [5.74, 6) is 2.27. The number of phenols is 4. The average molecular weight is 1040 g/mol. The van der Waals surface area contributed by atoms with Gasteiger partial charge in [-0.2, -0.15) is 0 Å². The summed E-state index contributed by atoms with van der Waals surface area (Å²) < 4.78 is 27.8. The van der Waals surface area contributed by atoms with Crippen molar-refractivity contribution in [1.82, 2.24) is 19.6 Å². The van der Waals surface area contributed by atoms with Gasteiger partial charge in [0.2, 0.25) is 0 Å². The van der Waals surface area contributed by atoms with Gasteiger partial charge in [0.05, 0.1) is 22.3 Å². The summed E-state index contributed by atoms with van der Waals surface area (Å²) >= 11 is 0. The highest BCUT2D eigenvalue weighted by Crippen LogP contribution is 2.56. The largest absolute Gasteiger partial charge is 0.507 e. The first-order valence-corrected chi connectivity index (χ1v) is 30.0. The van der Waals surface area contributed by atoms with Crippen LogP contribution in [0.1, 0.15) is 247 Å². The Morgan fingerprint density at radius 1 is 0.303 bits per heavy atom. The Labute approximate surface area is 451 Å². The Bertz CT molecular complexity index is 2460. The van der Waals surface area contributed by atoms with Crippen LogP contribution >= 0.6 is 0 Å². The molecule has 4 aromatic rings. The highest BCUT2D eigenvalue weighted by molar-refractivity contribution is 5.68. The molecule has 5 aliphatic carbocycles. The monoisotopic (exact) mass is 1040 g/mol. The minimum Gasteiger partial charge on any atom is -0.507 e. The van der Waals surface area contributed by atoms with E-state index in [4.69, 9.17) is 18.9 Å². The molecule has 4 fully saturated rings. The fourth-order valence-corrected chi connectivity index (χ4v) is 15.9. The van der Waals surface area contributed by atoms with Crippen LogP contribution in [0.25, 0.3) is 0 Å². The summed E-state index contributed by atoms with van der Waals surface area (Å²) in [6, 6.07) is 10.1. The number of ether oxygens (including phenoxy) is 4. The van der Waals surface area contributed by atoms with Crippen LogP contribution < -0.4 is 18.9 Å². The van der Waals surface area contributed by atoms with E-state index in [0.29, 0.717) is 100 Å². The van der Waals surface area contributed by atoms with E-state index in [0.717, 1.165) is 118 Å². The van der Waals surface area contributed by atoms with Crippen LogP contribution in [0.5, 0.6) is 46.0 Å². The van der Waals surface area contributed by atoms with Crippen LogP contribution in [-0.4, -0.2) is 91.1 Å².